The Labute approximate surface area is 138 Å². The Hall–Kier alpha value is -1.59. The third kappa shape index (κ3) is 6.20. The van der Waals surface area contributed by atoms with Gasteiger partial charge in [0.2, 0.25) is 0 Å². The van der Waals surface area contributed by atoms with Gasteiger partial charge in [-0.15, -0.1) is 0 Å². The normalized spacial score (nSPS) is 19.5. The third-order valence-electron chi connectivity index (χ3n) is 4.43. The molecule has 0 aromatic heterocycles. The van der Waals surface area contributed by atoms with Gasteiger partial charge in [-0.25, -0.2) is 4.79 Å². The second-order valence-corrected chi connectivity index (χ2v) is 6.31. The monoisotopic (exact) mass is 320 g/mol. The lowest BCUT2D eigenvalue weighted by molar-refractivity contribution is 0.0698. The average Bonchev–Trinajstić information content (AvgIpc) is 2.57. The number of piperidine rings is 1. The molecule has 1 aliphatic carbocycles. The van der Waals surface area contributed by atoms with E-state index in [9.17, 15) is 4.79 Å². The molecule has 5 heteroatoms. The van der Waals surface area contributed by atoms with Crippen LogP contribution in [0.25, 0.3) is 0 Å². The Balaban J connectivity index is 0.000000229. The van der Waals surface area contributed by atoms with E-state index >= 15 is 0 Å². The summed E-state index contributed by atoms with van der Waals surface area (Å²) < 4.78 is 0. The van der Waals surface area contributed by atoms with Crippen LogP contribution in [-0.4, -0.2) is 41.4 Å². The van der Waals surface area contributed by atoms with Gasteiger partial charge < -0.3 is 20.8 Å². The molecule has 1 heterocycles. The molecule has 1 saturated carbocycles. The van der Waals surface area contributed by atoms with Crippen LogP contribution in [0.2, 0.25) is 0 Å². The van der Waals surface area contributed by atoms with Crippen LogP contribution in [0.3, 0.4) is 0 Å². The van der Waals surface area contributed by atoms with Crippen molar-refractivity contribution in [2.24, 2.45) is 0 Å². The molecule has 1 aromatic carbocycles. The third-order valence-corrected chi connectivity index (χ3v) is 4.43. The van der Waals surface area contributed by atoms with Gasteiger partial charge in [0.25, 0.3) is 0 Å². The summed E-state index contributed by atoms with van der Waals surface area (Å²) in [6.45, 7) is 1.99. The topological polar surface area (TPSA) is 81.6 Å². The maximum Gasteiger partial charge on any atom is 0.337 e. The standard InChI is InChI=1S/C12H16N2O2.C6H12O/c15-12(16)10-3-1-2-4-11(10)14-9-5-7-13-8-6-9;7-6-4-2-1-3-5-6/h1-4,9,13-14H,5-8H2,(H,15,16);6-7H,1-5H2. The summed E-state index contributed by atoms with van der Waals surface area (Å²) in [6, 6.07) is 7.44. The molecule has 1 aromatic rings. The van der Waals surface area contributed by atoms with Crippen molar-refractivity contribution in [3.05, 3.63) is 29.8 Å². The molecule has 0 radical (unpaired) electrons. The van der Waals surface area contributed by atoms with E-state index in [1.807, 2.05) is 12.1 Å². The molecule has 3 rings (SSSR count). The second kappa shape index (κ2) is 9.53. The molecule has 4 N–H and O–H groups in total. The first-order valence-electron chi connectivity index (χ1n) is 8.64. The number of aliphatic hydroxyl groups is 1. The number of aromatic carboxylic acids is 1. The van der Waals surface area contributed by atoms with E-state index in [4.69, 9.17) is 10.2 Å². The van der Waals surface area contributed by atoms with Gasteiger partial charge in [-0.05, 0) is 50.9 Å². The minimum Gasteiger partial charge on any atom is -0.478 e. The van der Waals surface area contributed by atoms with Crippen molar-refractivity contribution in [3.8, 4) is 0 Å². The van der Waals surface area contributed by atoms with Crippen LogP contribution in [0, 0.1) is 0 Å². The summed E-state index contributed by atoms with van der Waals surface area (Å²) in [4.78, 5) is 11.0. The van der Waals surface area contributed by atoms with Crippen molar-refractivity contribution >= 4 is 11.7 Å². The highest BCUT2D eigenvalue weighted by Gasteiger charge is 2.15. The molecule has 0 spiro atoms. The second-order valence-electron chi connectivity index (χ2n) is 6.31. The molecule has 0 unspecified atom stereocenters. The van der Waals surface area contributed by atoms with Gasteiger partial charge in [-0.1, -0.05) is 31.4 Å². The number of anilines is 1. The fourth-order valence-corrected chi connectivity index (χ4v) is 3.06. The first-order valence-corrected chi connectivity index (χ1v) is 8.64. The molecule has 23 heavy (non-hydrogen) atoms. The van der Waals surface area contributed by atoms with Crippen molar-refractivity contribution in [2.45, 2.75) is 57.1 Å². The van der Waals surface area contributed by atoms with E-state index in [0.717, 1.165) is 44.5 Å². The number of benzene rings is 1. The Kier molecular flexibility index (Phi) is 7.36. The lowest BCUT2D eigenvalue weighted by atomic mass is 9.98. The fraction of sp³-hybridized carbons (Fsp3) is 0.611. The van der Waals surface area contributed by atoms with Crippen molar-refractivity contribution in [1.29, 1.82) is 0 Å². The average molecular weight is 320 g/mol. The summed E-state index contributed by atoms with van der Waals surface area (Å²) in [5.41, 5.74) is 1.07. The maximum absolute atomic E-state index is 11.0. The molecule has 5 nitrogen and oxygen atoms in total. The number of hydrogen-bond acceptors (Lipinski definition) is 4. The molecule has 2 fully saturated rings. The summed E-state index contributed by atoms with van der Waals surface area (Å²) in [5.74, 6) is -0.878. The lowest BCUT2D eigenvalue weighted by Crippen LogP contribution is -2.35. The summed E-state index contributed by atoms with van der Waals surface area (Å²) in [7, 11) is 0. The van der Waals surface area contributed by atoms with Gasteiger partial charge in [0.15, 0.2) is 0 Å². The molecule has 2 aliphatic rings. The number of para-hydroxylation sites is 1. The highest BCUT2D eigenvalue weighted by molar-refractivity contribution is 5.94. The van der Waals surface area contributed by atoms with Gasteiger partial charge in [0.1, 0.15) is 0 Å². The Morgan fingerprint density at radius 2 is 1.70 bits per heavy atom. The van der Waals surface area contributed by atoms with E-state index < -0.39 is 5.97 Å². The van der Waals surface area contributed by atoms with E-state index in [1.54, 1.807) is 12.1 Å². The van der Waals surface area contributed by atoms with E-state index in [0.29, 0.717) is 11.6 Å². The number of carboxylic acid groups (broad SMARTS) is 1. The minimum absolute atomic E-state index is 0.0359. The number of carbonyl (C=O) groups is 1. The highest BCUT2D eigenvalue weighted by Crippen LogP contribution is 2.18. The van der Waals surface area contributed by atoms with Crippen LogP contribution in [0.4, 0.5) is 5.69 Å². The summed E-state index contributed by atoms with van der Waals surface area (Å²) in [6.07, 6.45) is 8.00. The predicted molar refractivity (Wildman–Crippen MR) is 92.0 cm³/mol. The van der Waals surface area contributed by atoms with Crippen molar-refractivity contribution in [1.82, 2.24) is 5.32 Å². The van der Waals surface area contributed by atoms with E-state index in [2.05, 4.69) is 10.6 Å². The van der Waals surface area contributed by atoms with Gasteiger partial charge in [0.05, 0.1) is 11.7 Å². The largest absolute Gasteiger partial charge is 0.478 e. The molecular formula is C18H28N2O3. The molecule has 1 aliphatic heterocycles. The molecule has 0 atom stereocenters. The van der Waals surface area contributed by atoms with Crippen LogP contribution >= 0.6 is 0 Å². The minimum atomic E-state index is -0.878. The van der Waals surface area contributed by atoms with Crippen LogP contribution < -0.4 is 10.6 Å². The number of carboxylic acids is 1. The molecule has 0 amide bonds. The van der Waals surface area contributed by atoms with Gasteiger partial charge in [-0.2, -0.15) is 0 Å². The van der Waals surface area contributed by atoms with Gasteiger partial charge >= 0.3 is 5.97 Å². The lowest BCUT2D eigenvalue weighted by Gasteiger charge is -2.25. The SMILES string of the molecule is O=C(O)c1ccccc1NC1CCNCC1.OC1CCCCC1. The quantitative estimate of drug-likeness (QED) is 0.688. The zero-order valence-electron chi connectivity index (χ0n) is 13.6. The first-order chi connectivity index (χ1) is 11.2. The van der Waals surface area contributed by atoms with Crippen LogP contribution in [0.5, 0.6) is 0 Å². The number of aliphatic hydroxyl groups excluding tert-OH is 1. The molecule has 128 valence electrons. The van der Waals surface area contributed by atoms with Crippen LogP contribution in [0.15, 0.2) is 24.3 Å². The van der Waals surface area contributed by atoms with Crippen LogP contribution in [0.1, 0.15) is 55.3 Å². The fourth-order valence-electron chi connectivity index (χ4n) is 3.06. The Morgan fingerprint density at radius 1 is 1.04 bits per heavy atom. The summed E-state index contributed by atoms with van der Waals surface area (Å²) >= 11 is 0. The van der Waals surface area contributed by atoms with E-state index in [-0.39, 0.29) is 6.10 Å². The number of rotatable bonds is 3. The van der Waals surface area contributed by atoms with Crippen molar-refractivity contribution < 1.29 is 15.0 Å². The molecular weight excluding hydrogens is 292 g/mol. The predicted octanol–water partition coefficient (Wildman–Crippen LogP) is 2.86. The smallest absolute Gasteiger partial charge is 0.337 e. The zero-order chi connectivity index (χ0) is 16.5. The number of hydrogen-bond donors (Lipinski definition) is 4. The number of nitrogens with one attached hydrogen (secondary N) is 2. The highest BCUT2D eigenvalue weighted by atomic mass is 16.4. The Bertz CT molecular complexity index is 481. The van der Waals surface area contributed by atoms with Gasteiger partial charge in [0, 0.05) is 11.7 Å². The van der Waals surface area contributed by atoms with Crippen LogP contribution in [-0.2, 0) is 0 Å². The molecule has 1 saturated heterocycles. The Morgan fingerprint density at radius 3 is 2.26 bits per heavy atom. The van der Waals surface area contributed by atoms with Crippen molar-refractivity contribution in [3.63, 3.8) is 0 Å². The molecule has 0 bridgehead atoms. The summed E-state index contributed by atoms with van der Waals surface area (Å²) in [5, 5.41) is 24.5. The van der Waals surface area contributed by atoms with Gasteiger partial charge in [-0.3, -0.25) is 0 Å². The maximum atomic E-state index is 11.0. The van der Waals surface area contributed by atoms with Crippen molar-refractivity contribution in [2.75, 3.05) is 18.4 Å². The first kappa shape index (κ1) is 17.8. The van der Waals surface area contributed by atoms with E-state index in [1.165, 1.54) is 19.3 Å². The zero-order valence-corrected chi connectivity index (χ0v) is 13.6.